The smallest absolute Gasteiger partial charge is 0.122 e. The van der Waals surface area contributed by atoms with Crippen molar-refractivity contribution < 1.29 is 9.47 Å². The number of hydrogen-bond donors (Lipinski definition) is 1. The number of rotatable bonds is 6. The van der Waals surface area contributed by atoms with Crippen molar-refractivity contribution in [2.45, 2.75) is 13.0 Å². The molecule has 114 valence electrons. The summed E-state index contributed by atoms with van der Waals surface area (Å²) in [5.74, 6) is 2.50. The fourth-order valence-corrected chi connectivity index (χ4v) is 2.73. The van der Waals surface area contributed by atoms with Crippen molar-refractivity contribution in [2.75, 3.05) is 40.9 Å². The predicted octanol–water partition coefficient (Wildman–Crippen LogP) is 2.17. The zero-order valence-electron chi connectivity index (χ0n) is 12.5. The Hall–Kier alpha value is -0.970. The van der Waals surface area contributed by atoms with Crippen molar-refractivity contribution >= 4 is 12.4 Å². The van der Waals surface area contributed by atoms with Crippen LogP contribution in [0.4, 0.5) is 0 Å². The molecule has 20 heavy (non-hydrogen) atoms. The number of nitrogens with zero attached hydrogens (tertiary/aromatic N) is 1. The molecule has 1 aromatic carbocycles. The fraction of sp³-hybridized carbons (Fsp3) is 0.600. The standard InChI is InChI=1S/C15H24N2O2.ClH/c1-16-9-12-4-5-17(10-12)11-13-6-14(18-2)8-15(7-13)19-3;/h6-8,12,16H,4-5,9-11H2,1-3H3;1H. The number of ether oxygens (including phenoxy) is 2. The van der Waals surface area contributed by atoms with Crippen LogP contribution in [0.2, 0.25) is 0 Å². The maximum Gasteiger partial charge on any atom is 0.122 e. The van der Waals surface area contributed by atoms with Gasteiger partial charge in [-0.3, -0.25) is 4.90 Å². The molecule has 1 aromatic rings. The minimum absolute atomic E-state index is 0. The monoisotopic (exact) mass is 300 g/mol. The highest BCUT2D eigenvalue weighted by molar-refractivity contribution is 5.85. The molecule has 0 bridgehead atoms. The van der Waals surface area contributed by atoms with E-state index in [1.165, 1.54) is 25.1 Å². The van der Waals surface area contributed by atoms with E-state index in [0.29, 0.717) is 0 Å². The Morgan fingerprint density at radius 3 is 2.40 bits per heavy atom. The second-order valence-electron chi connectivity index (χ2n) is 5.17. The molecule has 5 heteroatoms. The third-order valence-corrected chi connectivity index (χ3v) is 3.68. The first-order chi connectivity index (χ1) is 9.25. The highest BCUT2D eigenvalue weighted by Gasteiger charge is 2.21. The maximum atomic E-state index is 5.31. The number of hydrogen-bond acceptors (Lipinski definition) is 4. The molecule has 0 aromatic heterocycles. The molecule has 1 unspecified atom stereocenters. The number of benzene rings is 1. The number of nitrogens with one attached hydrogen (secondary N) is 1. The van der Waals surface area contributed by atoms with E-state index < -0.39 is 0 Å². The molecule has 1 saturated heterocycles. The Balaban J connectivity index is 0.00000200. The van der Waals surface area contributed by atoms with Gasteiger partial charge in [0.1, 0.15) is 11.5 Å². The second-order valence-corrected chi connectivity index (χ2v) is 5.17. The molecule has 1 N–H and O–H groups in total. The van der Waals surface area contributed by atoms with E-state index in [0.717, 1.165) is 30.5 Å². The van der Waals surface area contributed by atoms with Crippen LogP contribution in [0.1, 0.15) is 12.0 Å². The van der Waals surface area contributed by atoms with Crippen LogP contribution >= 0.6 is 12.4 Å². The maximum absolute atomic E-state index is 5.31. The van der Waals surface area contributed by atoms with Gasteiger partial charge in [-0.2, -0.15) is 0 Å². The van der Waals surface area contributed by atoms with Crippen LogP contribution in [-0.4, -0.2) is 45.8 Å². The third kappa shape index (κ3) is 4.54. The summed E-state index contributed by atoms with van der Waals surface area (Å²) in [5.41, 5.74) is 1.25. The molecular weight excluding hydrogens is 276 g/mol. The van der Waals surface area contributed by atoms with Crippen molar-refractivity contribution in [1.29, 1.82) is 0 Å². The van der Waals surface area contributed by atoms with Gasteiger partial charge in [0.25, 0.3) is 0 Å². The third-order valence-electron chi connectivity index (χ3n) is 3.68. The van der Waals surface area contributed by atoms with Crippen LogP contribution in [0.5, 0.6) is 11.5 Å². The molecule has 0 amide bonds. The Morgan fingerprint density at radius 1 is 1.20 bits per heavy atom. The van der Waals surface area contributed by atoms with Gasteiger partial charge in [0.05, 0.1) is 14.2 Å². The quantitative estimate of drug-likeness (QED) is 0.873. The summed E-state index contributed by atoms with van der Waals surface area (Å²) >= 11 is 0. The zero-order valence-corrected chi connectivity index (χ0v) is 13.3. The molecule has 0 aliphatic carbocycles. The van der Waals surface area contributed by atoms with E-state index in [-0.39, 0.29) is 12.4 Å². The lowest BCUT2D eigenvalue weighted by Gasteiger charge is -2.17. The SMILES string of the molecule is CNCC1CCN(Cc2cc(OC)cc(OC)c2)C1.Cl. The molecular formula is C15H25ClN2O2. The molecule has 1 aliphatic heterocycles. The average Bonchev–Trinajstić information content (AvgIpc) is 2.86. The summed E-state index contributed by atoms with van der Waals surface area (Å²) in [6, 6.07) is 6.10. The fourth-order valence-electron chi connectivity index (χ4n) is 2.73. The average molecular weight is 301 g/mol. The molecule has 0 radical (unpaired) electrons. The number of halogens is 1. The van der Waals surface area contributed by atoms with Crippen LogP contribution in [0.3, 0.4) is 0 Å². The van der Waals surface area contributed by atoms with Crippen LogP contribution in [0.25, 0.3) is 0 Å². The van der Waals surface area contributed by atoms with E-state index in [1.54, 1.807) is 14.2 Å². The van der Waals surface area contributed by atoms with Crippen molar-refractivity contribution in [3.63, 3.8) is 0 Å². The largest absolute Gasteiger partial charge is 0.497 e. The number of likely N-dealkylation sites (tertiary alicyclic amines) is 1. The molecule has 1 atom stereocenters. The predicted molar refractivity (Wildman–Crippen MR) is 84.1 cm³/mol. The lowest BCUT2D eigenvalue weighted by atomic mass is 10.1. The Morgan fingerprint density at radius 2 is 1.85 bits per heavy atom. The normalized spacial score (nSPS) is 18.6. The molecule has 1 heterocycles. The molecule has 1 fully saturated rings. The van der Waals surface area contributed by atoms with Crippen molar-refractivity contribution in [1.82, 2.24) is 10.2 Å². The van der Waals surface area contributed by atoms with E-state index in [1.807, 2.05) is 13.1 Å². The summed E-state index contributed by atoms with van der Waals surface area (Å²) in [6.07, 6.45) is 1.28. The summed E-state index contributed by atoms with van der Waals surface area (Å²) in [5, 5.41) is 3.26. The molecule has 0 spiro atoms. The highest BCUT2D eigenvalue weighted by atomic mass is 35.5. The lowest BCUT2D eigenvalue weighted by molar-refractivity contribution is 0.313. The van der Waals surface area contributed by atoms with E-state index >= 15 is 0 Å². The molecule has 4 nitrogen and oxygen atoms in total. The molecule has 2 rings (SSSR count). The van der Waals surface area contributed by atoms with Crippen LogP contribution in [0.15, 0.2) is 18.2 Å². The first-order valence-electron chi connectivity index (χ1n) is 6.84. The molecule has 0 saturated carbocycles. The Labute approximate surface area is 127 Å². The zero-order chi connectivity index (χ0) is 13.7. The first kappa shape index (κ1) is 17.1. The summed E-state index contributed by atoms with van der Waals surface area (Å²) in [4.78, 5) is 2.50. The highest BCUT2D eigenvalue weighted by Crippen LogP contribution is 2.25. The summed E-state index contributed by atoms with van der Waals surface area (Å²) in [6.45, 7) is 4.41. The van der Waals surface area contributed by atoms with Crippen molar-refractivity contribution in [2.24, 2.45) is 5.92 Å². The molecule has 1 aliphatic rings. The minimum Gasteiger partial charge on any atom is -0.497 e. The van der Waals surface area contributed by atoms with Crippen molar-refractivity contribution in [3.8, 4) is 11.5 Å². The van der Waals surface area contributed by atoms with Gasteiger partial charge in [0, 0.05) is 19.2 Å². The lowest BCUT2D eigenvalue weighted by Crippen LogP contribution is -2.24. The number of methoxy groups -OCH3 is 2. The summed E-state index contributed by atoms with van der Waals surface area (Å²) < 4.78 is 10.6. The van der Waals surface area contributed by atoms with E-state index in [9.17, 15) is 0 Å². The van der Waals surface area contributed by atoms with Crippen LogP contribution in [0, 0.1) is 5.92 Å². The van der Waals surface area contributed by atoms with Gasteiger partial charge in [0.15, 0.2) is 0 Å². The first-order valence-corrected chi connectivity index (χ1v) is 6.84. The topological polar surface area (TPSA) is 33.7 Å². The van der Waals surface area contributed by atoms with Gasteiger partial charge >= 0.3 is 0 Å². The van der Waals surface area contributed by atoms with Gasteiger partial charge in [-0.05, 0) is 50.2 Å². The van der Waals surface area contributed by atoms with Gasteiger partial charge in [-0.1, -0.05) is 0 Å². The van der Waals surface area contributed by atoms with Gasteiger partial charge < -0.3 is 14.8 Å². The van der Waals surface area contributed by atoms with Gasteiger partial charge in [-0.15, -0.1) is 12.4 Å². The van der Waals surface area contributed by atoms with E-state index in [2.05, 4.69) is 22.3 Å². The van der Waals surface area contributed by atoms with Crippen molar-refractivity contribution in [3.05, 3.63) is 23.8 Å². The van der Waals surface area contributed by atoms with Gasteiger partial charge in [0.2, 0.25) is 0 Å². The van der Waals surface area contributed by atoms with Crippen LogP contribution < -0.4 is 14.8 Å². The van der Waals surface area contributed by atoms with Crippen LogP contribution in [-0.2, 0) is 6.54 Å². The van der Waals surface area contributed by atoms with Gasteiger partial charge in [-0.25, -0.2) is 0 Å². The Bertz CT molecular complexity index is 393. The van der Waals surface area contributed by atoms with E-state index in [4.69, 9.17) is 9.47 Å². The Kier molecular flexibility index (Phi) is 7.13. The minimum atomic E-state index is 0. The summed E-state index contributed by atoms with van der Waals surface area (Å²) in [7, 11) is 5.41. The second kappa shape index (κ2) is 8.35.